The molecule has 0 bridgehead atoms. The molecule has 72 valence electrons. The van der Waals surface area contributed by atoms with Gasteiger partial charge in [0.05, 0.1) is 12.2 Å². The van der Waals surface area contributed by atoms with E-state index in [9.17, 15) is 4.79 Å². The van der Waals surface area contributed by atoms with E-state index in [-0.39, 0.29) is 11.6 Å². The molecule has 0 aromatic carbocycles. The maximum Gasteiger partial charge on any atom is 0.293 e. The van der Waals surface area contributed by atoms with Crippen LogP contribution in [0.1, 0.15) is 19.9 Å². The summed E-state index contributed by atoms with van der Waals surface area (Å²) in [7, 11) is 0. The minimum Gasteiger partial charge on any atom is -0.265 e. The molecular weight excluding hydrogens is 180 g/mol. The first-order chi connectivity index (χ1) is 6.70. The molecule has 2 heterocycles. The van der Waals surface area contributed by atoms with Crippen LogP contribution in [-0.4, -0.2) is 19.7 Å². The lowest BCUT2D eigenvalue weighted by Crippen LogP contribution is -2.25. The third-order valence-electron chi connectivity index (χ3n) is 1.96. The normalized spacial score (nSPS) is 11.1. The maximum atomic E-state index is 11.8. The van der Waals surface area contributed by atoms with Crippen LogP contribution in [0, 0.1) is 0 Å². The predicted octanol–water partition coefficient (Wildman–Crippen LogP) is 0.767. The van der Waals surface area contributed by atoms with Crippen molar-refractivity contribution < 1.29 is 0 Å². The summed E-state index contributed by atoms with van der Waals surface area (Å²) in [6.45, 7) is 3.81. The first-order valence-corrected chi connectivity index (χ1v) is 4.37. The second-order valence-corrected chi connectivity index (χ2v) is 3.31. The van der Waals surface area contributed by atoms with Gasteiger partial charge in [0, 0.05) is 11.6 Å². The van der Waals surface area contributed by atoms with E-state index in [1.54, 1.807) is 12.4 Å². The summed E-state index contributed by atoms with van der Waals surface area (Å²) in [5.41, 5.74) is 0.253. The Bertz CT molecular complexity index is 517. The molecule has 2 aromatic rings. The van der Waals surface area contributed by atoms with E-state index in [2.05, 4.69) is 15.1 Å². The zero-order valence-corrected chi connectivity index (χ0v) is 8.01. The van der Waals surface area contributed by atoms with Crippen molar-refractivity contribution in [3.63, 3.8) is 0 Å². The Morgan fingerprint density at radius 2 is 2.14 bits per heavy atom. The van der Waals surface area contributed by atoms with Crippen molar-refractivity contribution in [2.24, 2.45) is 0 Å². The minimum absolute atomic E-state index is 0.0434. The molecule has 5 heteroatoms. The van der Waals surface area contributed by atoms with Crippen LogP contribution in [0.5, 0.6) is 0 Å². The largest absolute Gasteiger partial charge is 0.293 e. The van der Waals surface area contributed by atoms with Crippen LogP contribution < -0.4 is 5.56 Å². The Kier molecular flexibility index (Phi) is 1.99. The molecule has 0 N–H and O–H groups in total. The molecule has 0 spiro atoms. The lowest BCUT2D eigenvalue weighted by Gasteiger charge is -2.07. The molecule has 0 unspecified atom stereocenters. The Morgan fingerprint density at radius 3 is 2.86 bits per heavy atom. The van der Waals surface area contributed by atoms with Gasteiger partial charge in [0.15, 0.2) is 0 Å². The molecule has 0 radical (unpaired) electrons. The van der Waals surface area contributed by atoms with Crippen molar-refractivity contribution in [2.45, 2.75) is 19.9 Å². The van der Waals surface area contributed by atoms with E-state index in [1.165, 1.54) is 11.0 Å². The molecule has 0 fully saturated rings. The summed E-state index contributed by atoms with van der Waals surface area (Å²) in [4.78, 5) is 19.5. The molecule has 0 saturated heterocycles. The van der Waals surface area contributed by atoms with Gasteiger partial charge in [-0.25, -0.2) is 14.6 Å². The highest BCUT2D eigenvalue weighted by molar-refractivity contribution is 5.74. The van der Waals surface area contributed by atoms with E-state index in [0.29, 0.717) is 10.9 Å². The standard InChI is InChI=1S/C9H10N4O/c1-6(2)13-9(14)8-7(4-12-13)3-10-5-11-8/h3-6H,1-2H3. The topological polar surface area (TPSA) is 60.7 Å². The Balaban J connectivity index is 2.82. The van der Waals surface area contributed by atoms with Gasteiger partial charge in [0.25, 0.3) is 5.56 Å². The van der Waals surface area contributed by atoms with Crippen LogP contribution in [-0.2, 0) is 0 Å². The third kappa shape index (κ3) is 1.26. The highest BCUT2D eigenvalue weighted by Gasteiger charge is 2.06. The van der Waals surface area contributed by atoms with Gasteiger partial charge in [-0.05, 0) is 13.8 Å². The fourth-order valence-electron chi connectivity index (χ4n) is 1.27. The van der Waals surface area contributed by atoms with E-state index >= 15 is 0 Å². The second kappa shape index (κ2) is 3.17. The smallest absolute Gasteiger partial charge is 0.265 e. The third-order valence-corrected chi connectivity index (χ3v) is 1.96. The first-order valence-electron chi connectivity index (χ1n) is 4.37. The van der Waals surface area contributed by atoms with Gasteiger partial charge in [-0.1, -0.05) is 0 Å². The van der Waals surface area contributed by atoms with E-state index in [0.717, 1.165) is 0 Å². The summed E-state index contributed by atoms with van der Waals surface area (Å²) in [5.74, 6) is 0. The molecule has 0 atom stereocenters. The zero-order valence-electron chi connectivity index (χ0n) is 8.01. The second-order valence-electron chi connectivity index (χ2n) is 3.31. The fraction of sp³-hybridized carbons (Fsp3) is 0.333. The molecule has 5 nitrogen and oxygen atoms in total. The highest BCUT2D eigenvalue weighted by Crippen LogP contribution is 2.03. The summed E-state index contributed by atoms with van der Waals surface area (Å²) < 4.78 is 1.41. The van der Waals surface area contributed by atoms with Crippen molar-refractivity contribution in [1.29, 1.82) is 0 Å². The minimum atomic E-state index is -0.167. The number of hydrogen-bond donors (Lipinski definition) is 0. The van der Waals surface area contributed by atoms with Crippen LogP contribution in [0.3, 0.4) is 0 Å². The van der Waals surface area contributed by atoms with Crippen molar-refractivity contribution in [3.05, 3.63) is 29.1 Å². The molecule has 0 saturated carbocycles. The van der Waals surface area contributed by atoms with Crippen LogP contribution in [0.15, 0.2) is 23.5 Å². The van der Waals surface area contributed by atoms with Crippen molar-refractivity contribution in [3.8, 4) is 0 Å². The molecule has 2 rings (SSSR count). The number of fused-ring (bicyclic) bond motifs is 1. The SMILES string of the molecule is CC(C)n1ncc2cncnc2c1=O. The van der Waals surface area contributed by atoms with Crippen LogP contribution in [0.2, 0.25) is 0 Å². The summed E-state index contributed by atoms with van der Waals surface area (Å²) in [6.07, 6.45) is 4.56. The quantitative estimate of drug-likeness (QED) is 0.666. The van der Waals surface area contributed by atoms with Crippen molar-refractivity contribution in [2.75, 3.05) is 0 Å². The van der Waals surface area contributed by atoms with Crippen LogP contribution >= 0.6 is 0 Å². The predicted molar refractivity (Wildman–Crippen MR) is 52.0 cm³/mol. The molecule has 0 aliphatic heterocycles. The van der Waals surface area contributed by atoms with Crippen molar-refractivity contribution in [1.82, 2.24) is 19.7 Å². The van der Waals surface area contributed by atoms with E-state index in [4.69, 9.17) is 0 Å². The number of rotatable bonds is 1. The lowest BCUT2D eigenvalue weighted by molar-refractivity contribution is 0.506. The lowest BCUT2D eigenvalue weighted by atomic mass is 10.3. The summed E-state index contributed by atoms with van der Waals surface area (Å²) >= 11 is 0. The molecule has 0 amide bonds. The maximum absolute atomic E-state index is 11.8. The van der Waals surface area contributed by atoms with Gasteiger partial charge in [-0.15, -0.1) is 0 Å². The van der Waals surface area contributed by atoms with Crippen LogP contribution in [0.25, 0.3) is 10.9 Å². The van der Waals surface area contributed by atoms with Gasteiger partial charge < -0.3 is 0 Å². The average Bonchev–Trinajstić information content (AvgIpc) is 2.18. The number of aromatic nitrogens is 4. The number of nitrogens with zero attached hydrogens (tertiary/aromatic N) is 4. The summed E-state index contributed by atoms with van der Waals surface area (Å²) in [6, 6.07) is 0.0434. The fourth-order valence-corrected chi connectivity index (χ4v) is 1.27. The first kappa shape index (κ1) is 8.80. The van der Waals surface area contributed by atoms with Gasteiger partial charge in [0.2, 0.25) is 0 Å². The molecule has 0 aliphatic carbocycles. The summed E-state index contributed by atoms with van der Waals surface area (Å²) in [5, 5.41) is 4.71. The zero-order chi connectivity index (χ0) is 10.1. The van der Waals surface area contributed by atoms with Gasteiger partial charge >= 0.3 is 0 Å². The van der Waals surface area contributed by atoms with Gasteiger partial charge in [-0.2, -0.15) is 5.10 Å². The molecular formula is C9H10N4O. The van der Waals surface area contributed by atoms with Gasteiger partial charge in [0.1, 0.15) is 11.8 Å². The van der Waals surface area contributed by atoms with E-state index < -0.39 is 0 Å². The Hall–Kier alpha value is -1.78. The van der Waals surface area contributed by atoms with E-state index in [1.807, 2.05) is 13.8 Å². The molecule has 2 aromatic heterocycles. The van der Waals surface area contributed by atoms with Crippen LogP contribution in [0.4, 0.5) is 0 Å². The van der Waals surface area contributed by atoms with Crippen molar-refractivity contribution >= 4 is 10.9 Å². The highest BCUT2D eigenvalue weighted by atomic mass is 16.1. The van der Waals surface area contributed by atoms with Gasteiger partial charge in [-0.3, -0.25) is 4.79 Å². The average molecular weight is 190 g/mol. The number of hydrogen-bond acceptors (Lipinski definition) is 4. The Labute approximate surface area is 80.4 Å². The monoisotopic (exact) mass is 190 g/mol. The molecule has 14 heavy (non-hydrogen) atoms. The molecule has 0 aliphatic rings. The Morgan fingerprint density at radius 1 is 1.36 bits per heavy atom.